The molecule has 342 valence electrons. The number of carboxylic acid groups (broad SMARTS) is 1. The van der Waals surface area contributed by atoms with Gasteiger partial charge in [0, 0.05) is 12.8 Å². The van der Waals surface area contributed by atoms with E-state index >= 15 is 0 Å². The van der Waals surface area contributed by atoms with E-state index in [2.05, 4.69) is 97.4 Å². The second-order valence-corrected chi connectivity index (χ2v) is 15.8. The number of ether oxygens (including phenoxy) is 1. The monoisotopic (exact) mass is 839 g/mol. The van der Waals surface area contributed by atoms with Gasteiger partial charge in [0.2, 0.25) is 11.8 Å². The third-order valence-electron chi connectivity index (χ3n) is 10.2. The summed E-state index contributed by atoms with van der Waals surface area (Å²) in [6.45, 7) is 3.36. The molecule has 0 aromatic heterocycles. The van der Waals surface area contributed by atoms with E-state index < -0.39 is 24.5 Å². The number of rotatable bonds is 42. The van der Waals surface area contributed by atoms with Crippen LogP contribution in [0.25, 0.3) is 0 Å². The Kier molecular flexibility index (Phi) is 42.0. The summed E-state index contributed by atoms with van der Waals surface area (Å²) in [6, 6.07) is -1.39. The molecule has 0 aromatic rings. The second-order valence-electron chi connectivity index (χ2n) is 15.8. The maximum Gasteiger partial charge on any atom is 0.328 e. The molecular weight excluding hydrogens is 753 g/mol. The number of hydrogen-bond acceptors (Lipinski definition) is 6. The Hall–Kier alpha value is -3.72. The van der Waals surface area contributed by atoms with Crippen molar-refractivity contribution in [1.82, 2.24) is 10.6 Å². The van der Waals surface area contributed by atoms with Crippen molar-refractivity contribution in [2.45, 2.75) is 212 Å². The summed E-state index contributed by atoms with van der Waals surface area (Å²) >= 11 is 0. The first-order valence-corrected chi connectivity index (χ1v) is 23.8. The highest BCUT2D eigenvalue weighted by Crippen LogP contribution is 2.18. The van der Waals surface area contributed by atoms with Crippen molar-refractivity contribution >= 4 is 23.8 Å². The van der Waals surface area contributed by atoms with Crippen molar-refractivity contribution in [3.05, 3.63) is 72.9 Å². The number of aliphatic hydroxyl groups excluding tert-OH is 1. The first-order chi connectivity index (χ1) is 29.3. The van der Waals surface area contributed by atoms with Crippen molar-refractivity contribution in [3.8, 4) is 0 Å². The zero-order chi connectivity index (χ0) is 44.0. The van der Waals surface area contributed by atoms with Gasteiger partial charge in [0.25, 0.3) is 0 Å². The highest BCUT2D eigenvalue weighted by atomic mass is 16.5. The smallest absolute Gasteiger partial charge is 0.328 e. The molecule has 2 amide bonds. The van der Waals surface area contributed by atoms with Gasteiger partial charge in [-0.2, -0.15) is 0 Å². The van der Waals surface area contributed by atoms with E-state index in [9.17, 15) is 19.2 Å². The lowest BCUT2D eigenvalue weighted by Crippen LogP contribution is -2.47. The molecule has 0 bridgehead atoms. The summed E-state index contributed by atoms with van der Waals surface area (Å²) in [5.74, 6) is -2.35. The van der Waals surface area contributed by atoms with Gasteiger partial charge in [0.1, 0.15) is 12.1 Å². The normalized spacial score (nSPS) is 13.1. The van der Waals surface area contributed by atoms with E-state index in [1.807, 2.05) is 0 Å². The summed E-state index contributed by atoms with van der Waals surface area (Å²) in [6.07, 6.45) is 56.4. The third kappa shape index (κ3) is 41.0. The maximum absolute atomic E-state index is 12.8. The first kappa shape index (κ1) is 56.3. The van der Waals surface area contributed by atoms with Crippen LogP contribution in [0.2, 0.25) is 0 Å². The molecule has 4 N–H and O–H groups in total. The van der Waals surface area contributed by atoms with Crippen LogP contribution in [-0.2, 0) is 23.9 Å². The molecule has 2 unspecified atom stereocenters. The lowest BCUT2D eigenvalue weighted by molar-refractivity contribution is -0.150. The van der Waals surface area contributed by atoms with Gasteiger partial charge in [-0.15, -0.1) is 0 Å². The zero-order valence-electron chi connectivity index (χ0n) is 37.9. The first-order valence-electron chi connectivity index (χ1n) is 23.8. The molecule has 60 heavy (non-hydrogen) atoms. The molecule has 0 saturated heterocycles. The molecule has 9 nitrogen and oxygen atoms in total. The van der Waals surface area contributed by atoms with Gasteiger partial charge in [-0.3, -0.25) is 14.4 Å². The number of amides is 2. The maximum atomic E-state index is 12.8. The molecule has 0 radical (unpaired) electrons. The molecule has 0 rings (SSSR count). The van der Waals surface area contributed by atoms with Gasteiger partial charge in [-0.05, 0) is 103 Å². The summed E-state index contributed by atoms with van der Waals surface area (Å²) < 4.78 is 6.02. The van der Waals surface area contributed by atoms with Gasteiger partial charge >= 0.3 is 11.9 Å². The Morgan fingerprint density at radius 2 is 0.967 bits per heavy atom. The lowest BCUT2D eigenvalue weighted by Gasteiger charge is -2.18. The average Bonchev–Trinajstić information content (AvgIpc) is 3.23. The van der Waals surface area contributed by atoms with E-state index in [0.29, 0.717) is 12.8 Å². The number of hydrogen-bond donors (Lipinski definition) is 4. The SMILES string of the molecule is CC/C=C\C/C=C\C/C=C\C/C=C\C/C=C\CCCCCC(=O)OC(CCC/C=C\CCCCCCCCCC)CCCCCCCC(=O)NCC(=O)NC(CO)C(=O)O. The van der Waals surface area contributed by atoms with E-state index in [-0.39, 0.29) is 30.9 Å². The molecule has 0 aliphatic carbocycles. The topological polar surface area (TPSA) is 142 Å². The highest BCUT2D eigenvalue weighted by molar-refractivity contribution is 5.87. The number of nitrogens with one attached hydrogen (secondary N) is 2. The largest absolute Gasteiger partial charge is 0.480 e. The zero-order valence-corrected chi connectivity index (χ0v) is 37.9. The molecule has 0 aromatic carbocycles. The summed E-state index contributed by atoms with van der Waals surface area (Å²) in [4.78, 5) is 47.7. The van der Waals surface area contributed by atoms with Gasteiger partial charge in [-0.25, -0.2) is 4.79 Å². The van der Waals surface area contributed by atoms with Gasteiger partial charge < -0.3 is 25.6 Å². The minimum atomic E-state index is -1.39. The van der Waals surface area contributed by atoms with Crippen molar-refractivity contribution < 1.29 is 34.1 Å². The van der Waals surface area contributed by atoms with E-state index in [1.165, 1.54) is 51.4 Å². The number of esters is 1. The van der Waals surface area contributed by atoms with E-state index in [0.717, 1.165) is 116 Å². The Labute approximate surface area is 365 Å². The number of unbranched alkanes of at least 4 members (excludes halogenated alkanes) is 16. The van der Waals surface area contributed by atoms with Crippen LogP contribution in [0.3, 0.4) is 0 Å². The van der Waals surface area contributed by atoms with Crippen molar-refractivity contribution in [3.63, 3.8) is 0 Å². The Morgan fingerprint density at radius 3 is 1.53 bits per heavy atom. The molecule has 0 fully saturated rings. The molecule has 0 saturated carbocycles. The van der Waals surface area contributed by atoms with Gasteiger partial charge in [-0.1, -0.05) is 157 Å². The van der Waals surface area contributed by atoms with Crippen LogP contribution < -0.4 is 10.6 Å². The number of carboxylic acids is 1. The molecular formula is C51H86N2O7. The molecule has 0 heterocycles. The Morgan fingerprint density at radius 1 is 0.517 bits per heavy atom. The van der Waals surface area contributed by atoms with Gasteiger partial charge in [0.15, 0.2) is 0 Å². The number of aliphatic carboxylic acids is 1. The van der Waals surface area contributed by atoms with Crippen LogP contribution in [0.5, 0.6) is 0 Å². The van der Waals surface area contributed by atoms with Crippen LogP contribution in [0, 0.1) is 0 Å². The van der Waals surface area contributed by atoms with Crippen LogP contribution in [0.15, 0.2) is 72.9 Å². The minimum Gasteiger partial charge on any atom is -0.480 e. The van der Waals surface area contributed by atoms with E-state index in [1.54, 1.807) is 0 Å². The fourth-order valence-electron chi connectivity index (χ4n) is 6.57. The standard InChI is InChI=1S/C51H86N2O7/c1-3-5-7-9-11-13-15-17-18-19-20-21-22-24-26-28-30-35-39-43-50(57)60-46(40-36-32-29-27-25-23-16-14-12-10-8-6-4-2)41-37-33-31-34-38-42-48(55)52-44-49(56)53-47(45-54)51(58)59/h5,7,11,13,17-18,20-21,24,26-27,29,46-47,54H,3-4,6,8-10,12,14-16,19,22-23,25,28,30-45H2,1-2H3,(H,52,55)(H,53,56)(H,58,59)/b7-5-,13-11-,18-17-,21-20-,26-24-,29-27-. The highest BCUT2D eigenvalue weighted by Gasteiger charge is 2.19. The second kappa shape index (κ2) is 44.8. The molecule has 9 heteroatoms. The van der Waals surface area contributed by atoms with Crippen LogP contribution in [0.1, 0.15) is 200 Å². The predicted molar refractivity (Wildman–Crippen MR) is 250 cm³/mol. The minimum absolute atomic E-state index is 0.0663. The van der Waals surface area contributed by atoms with Crippen molar-refractivity contribution in [1.29, 1.82) is 0 Å². The average molecular weight is 839 g/mol. The fraction of sp³-hybridized carbons (Fsp3) is 0.686. The summed E-state index contributed by atoms with van der Waals surface area (Å²) in [5.41, 5.74) is 0. The predicted octanol–water partition coefficient (Wildman–Crippen LogP) is 12.3. The summed E-state index contributed by atoms with van der Waals surface area (Å²) in [7, 11) is 0. The quantitative estimate of drug-likeness (QED) is 0.0272. The lowest BCUT2D eigenvalue weighted by atomic mass is 10.0. The third-order valence-corrected chi connectivity index (χ3v) is 10.2. The molecule has 0 spiro atoms. The number of carbonyl (C=O) groups is 4. The molecule has 2 atom stereocenters. The van der Waals surface area contributed by atoms with Crippen LogP contribution >= 0.6 is 0 Å². The Bertz CT molecular complexity index is 1240. The fourth-order valence-corrected chi connectivity index (χ4v) is 6.57. The summed E-state index contributed by atoms with van der Waals surface area (Å²) in [5, 5.41) is 22.6. The number of allylic oxidation sites excluding steroid dienone is 12. The van der Waals surface area contributed by atoms with Crippen LogP contribution in [-0.4, -0.2) is 59.3 Å². The van der Waals surface area contributed by atoms with Crippen molar-refractivity contribution in [2.75, 3.05) is 13.2 Å². The van der Waals surface area contributed by atoms with Gasteiger partial charge in [0.05, 0.1) is 13.2 Å². The van der Waals surface area contributed by atoms with Crippen LogP contribution in [0.4, 0.5) is 0 Å². The van der Waals surface area contributed by atoms with Crippen molar-refractivity contribution in [2.24, 2.45) is 0 Å². The van der Waals surface area contributed by atoms with E-state index in [4.69, 9.17) is 14.9 Å². The number of carbonyl (C=O) groups excluding carboxylic acids is 3. The molecule has 0 aliphatic rings. The Balaban J connectivity index is 4.42. The molecule has 0 aliphatic heterocycles. The number of aliphatic hydroxyl groups is 1.